The van der Waals surface area contributed by atoms with Crippen LogP contribution < -0.4 is 9.80 Å². The Morgan fingerprint density at radius 2 is 1.21 bits per heavy atom. The fourth-order valence-electron chi connectivity index (χ4n) is 2.80. The van der Waals surface area contributed by atoms with Crippen molar-refractivity contribution >= 4 is 11.4 Å². The van der Waals surface area contributed by atoms with Gasteiger partial charge in [0.25, 0.3) is 0 Å². The summed E-state index contributed by atoms with van der Waals surface area (Å²) in [6, 6.07) is 16.6. The first kappa shape index (κ1) is 26.5. The van der Waals surface area contributed by atoms with Gasteiger partial charge in [-0.15, -0.1) is 13.0 Å². The minimum absolute atomic E-state index is 0.381. The van der Waals surface area contributed by atoms with Crippen molar-refractivity contribution in [2.75, 3.05) is 49.0 Å². The minimum Gasteiger partial charge on any atom is -0.400 e. The van der Waals surface area contributed by atoms with Gasteiger partial charge in [-0.1, -0.05) is 12.0 Å². The van der Waals surface area contributed by atoms with Gasteiger partial charge in [-0.05, 0) is 48.5 Å². The van der Waals surface area contributed by atoms with Gasteiger partial charge in [-0.2, -0.15) is 0 Å². The molecule has 0 spiro atoms. The van der Waals surface area contributed by atoms with E-state index in [1.807, 2.05) is 0 Å². The lowest BCUT2D eigenvalue weighted by atomic mass is 9.86. The number of rotatable bonds is 7. The highest BCUT2D eigenvalue weighted by atomic mass is 16.5. The number of ether oxygens (including phenoxy) is 1. The van der Waals surface area contributed by atoms with Gasteiger partial charge in [0, 0.05) is 25.3 Å². The normalized spacial score (nSPS) is 10.4. The lowest BCUT2D eigenvalue weighted by Crippen LogP contribution is -3.00. The Labute approximate surface area is 175 Å². The fraction of sp³-hybridized carbons (Fsp3) is 0.333. The third kappa shape index (κ3) is 6.82. The van der Waals surface area contributed by atoms with Crippen LogP contribution in [0.2, 0.25) is 0 Å². The van der Waals surface area contributed by atoms with Gasteiger partial charge in [0.05, 0.1) is 34.8 Å². The SMILES string of the molecule is C#CC(OCC=C)(c1ccc([NH+](C)C)cc1)c1ccc([NH+](C)C)cc1.CO.CO. The third-order valence-electron chi connectivity index (χ3n) is 4.36. The Hall–Kier alpha value is -2.46. The summed E-state index contributed by atoms with van der Waals surface area (Å²) in [5.41, 5.74) is 3.38. The average Bonchev–Trinajstić information content (AvgIpc) is 2.78. The van der Waals surface area contributed by atoms with Gasteiger partial charge >= 0.3 is 0 Å². The van der Waals surface area contributed by atoms with Crippen LogP contribution >= 0.6 is 0 Å². The molecular weight excluding hydrogens is 364 g/mol. The molecule has 0 saturated heterocycles. The molecule has 0 aliphatic carbocycles. The first-order chi connectivity index (χ1) is 13.9. The molecule has 4 N–H and O–H groups in total. The molecule has 5 nitrogen and oxygen atoms in total. The molecule has 0 aliphatic rings. The summed E-state index contributed by atoms with van der Waals surface area (Å²) >= 11 is 0. The number of benzene rings is 2. The Morgan fingerprint density at radius 3 is 1.45 bits per heavy atom. The Bertz CT molecular complexity index is 694. The van der Waals surface area contributed by atoms with Crippen molar-refractivity contribution in [2.45, 2.75) is 5.60 Å². The van der Waals surface area contributed by atoms with E-state index in [4.69, 9.17) is 21.4 Å². The third-order valence-corrected chi connectivity index (χ3v) is 4.36. The highest BCUT2D eigenvalue weighted by Crippen LogP contribution is 2.34. The zero-order valence-corrected chi connectivity index (χ0v) is 18.5. The topological polar surface area (TPSA) is 58.6 Å². The van der Waals surface area contributed by atoms with Crippen molar-refractivity contribution < 1.29 is 24.7 Å². The number of aliphatic hydroxyl groups is 2. The molecule has 0 aromatic heterocycles. The molecule has 5 heteroatoms. The van der Waals surface area contributed by atoms with Gasteiger partial charge in [-0.3, -0.25) is 0 Å². The fourth-order valence-corrected chi connectivity index (χ4v) is 2.80. The number of nitrogens with one attached hydrogen (secondary N) is 2. The predicted octanol–water partition coefficient (Wildman–Crippen LogP) is 0.535. The van der Waals surface area contributed by atoms with Crippen LogP contribution in [0.1, 0.15) is 11.1 Å². The largest absolute Gasteiger partial charge is 0.400 e. The number of terminal acetylenes is 1. The van der Waals surface area contributed by atoms with Crippen LogP contribution in [0.25, 0.3) is 0 Å². The lowest BCUT2D eigenvalue weighted by molar-refractivity contribution is -0.786. The average molecular weight is 401 g/mol. The predicted molar refractivity (Wildman–Crippen MR) is 120 cm³/mol. The van der Waals surface area contributed by atoms with E-state index < -0.39 is 5.60 Å². The first-order valence-electron chi connectivity index (χ1n) is 9.39. The molecule has 2 rings (SSSR count). The van der Waals surface area contributed by atoms with Crippen LogP contribution in [0.5, 0.6) is 0 Å². The minimum atomic E-state index is -0.922. The molecule has 0 unspecified atom stereocenters. The molecule has 0 atom stereocenters. The maximum absolute atomic E-state index is 7.00. The van der Waals surface area contributed by atoms with Gasteiger partial charge in [0.15, 0.2) is 5.60 Å². The number of aliphatic hydroxyl groups excluding tert-OH is 2. The summed E-state index contributed by atoms with van der Waals surface area (Å²) in [4.78, 5) is 2.53. The van der Waals surface area contributed by atoms with E-state index in [1.165, 1.54) is 21.2 Å². The molecule has 0 aliphatic heterocycles. The summed E-state index contributed by atoms with van der Waals surface area (Å²) in [7, 11) is 10.4. The van der Waals surface area contributed by atoms with E-state index in [2.05, 4.69) is 89.2 Å². The van der Waals surface area contributed by atoms with Crippen molar-refractivity contribution in [1.82, 2.24) is 0 Å². The van der Waals surface area contributed by atoms with Gasteiger partial charge < -0.3 is 24.7 Å². The maximum atomic E-state index is 7.00. The molecule has 2 aromatic rings. The van der Waals surface area contributed by atoms with Crippen molar-refractivity contribution in [3.05, 3.63) is 72.3 Å². The van der Waals surface area contributed by atoms with Crippen LogP contribution in [0.15, 0.2) is 61.2 Å². The van der Waals surface area contributed by atoms with E-state index in [9.17, 15) is 0 Å². The summed E-state index contributed by atoms with van der Waals surface area (Å²) in [6.45, 7) is 4.14. The second kappa shape index (κ2) is 13.7. The molecule has 0 amide bonds. The van der Waals surface area contributed by atoms with Crippen molar-refractivity contribution in [3.8, 4) is 12.3 Å². The van der Waals surface area contributed by atoms with Gasteiger partial charge in [0.2, 0.25) is 0 Å². The van der Waals surface area contributed by atoms with E-state index in [1.54, 1.807) is 6.08 Å². The molecule has 29 heavy (non-hydrogen) atoms. The maximum Gasteiger partial charge on any atom is 0.179 e. The van der Waals surface area contributed by atoms with Crippen LogP contribution in [0.4, 0.5) is 11.4 Å². The molecule has 0 saturated carbocycles. The molecule has 0 heterocycles. The zero-order chi connectivity index (χ0) is 22.4. The zero-order valence-electron chi connectivity index (χ0n) is 18.5. The summed E-state index contributed by atoms with van der Waals surface area (Å²) in [6.07, 6.45) is 7.71. The van der Waals surface area contributed by atoms with Crippen molar-refractivity contribution in [1.29, 1.82) is 0 Å². The Kier molecular flexibility index (Phi) is 12.5. The summed E-state index contributed by atoms with van der Waals surface area (Å²) < 4.78 is 6.13. The quantitative estimate of drug-likeness (QED) is 0.405. The van der Waals surface area contributed by atoms with E-state index in [0.29, 0.717) is 6.61 Å². The second-order valence-electron chi connectivity index (χ2n) is 6.58. The smallest absolute Gasteiger partial charge is 0.179 e. The molecule has 158 valence electrons. The monoisotopic (exact) mass is 400 g/mol. The highest BCUT2D eigenvalue weighted by Gasteiger charge is 2.33. The Balaban J connectivity index is 0.00000184. The van der Waals surface area contributed by atoms with E-state index in [0.717, 1.165) is 25.3 Å². The van der Waals surface area contributed by atoms with Gasteiger partial charge in [0.1, 0.15) is 11.4 Å². The first-order valence-corrected chi connectivity index (χ1v) is 9.39. The molecule has 0 bridgehead atoms. The van der Waals surface area contributed by atoms with Crippen LogP contribution in [0.3, 0.4) is 0 Å². The van der Waals surface area contributed by atoms with Gasteiger partial charge in [-0.25, -0.2) is 0 Å². The van der Waals surface area contributed by atoms with Crippen LogP contribution in [-0.4, -0.2) is 59.2 Å². The van der Waals surface area contributed by atoms with E-state index >= 15 is 0 Å². The Morgan fingerprint density at radius 1 is 0.862 bits per heavy atom. The highest BCUT2D eigenvalue weighted by molar-refractivity contribution is 5.48. The van der Waals surface area contributed by atoms with Crippen LogP contribution in [0, 0.1) is 12.3 Å². The molecule has 2 aromatic carbocycles. The van der Waals surface area contributed by atoms with Crippen LogP contribution in [-0.2, 0) is 10.3 Å². The number of hydrogen-bond acceptors (Lipinski definition) is 3. The molecule has 0 radical (unpaired) electrons. The standard InChI is InChI=1S/C22H26N2O.2CH4O/c1-7-17-25-22(8-2,18-9-13-20(14-10-18)23(3)4)19-11-15-21(16-12-19)24(5)6;2*1-2/h2,7,9-16H,1,17H2,3-6H3;2*2H,1H3/p+2. The molecule has 0 fully saturated rings. The number of hydrogen-bond donors (Lipinski definition) is 4. The van der Waals surface area contributed by atoms with Crippen molar-refractivity contribution in [2.24, 2.45) is 0 Å². The van der Waals surface area contributed by atoms with E-state index in [-0.39, 0.29) is 0 Å². The molecular formula is C24H36N2O3+2. The lowest BCUT2D eigenvalue weighted by Gasteiger charge is -2.30. The van der Waals surface area contributed by atoms with Crippen molar-refractivity contribution in [3.63, 3.8) is 0 Å². The number of quaternary nitrogens is 2. The summed E-state index contributed by atoms with van der Waals surface area (Å²) in [5, 5.41) is 14.0. The summed E-state index contributed by atoms with van der Waals surface area (Å²) in [5.74, 6) is 2.90. The second-order valence-corrected chi connectivity index (χ2v) is 6.58.